The molecule has 1 aromatic carbocycles. The fraction of sp³-hybridized carbons (Fsp3) is 0.143. The zero-order chi connectivity index (χ0) is 13.6. The van der Waals surface area contributed by atoms with E-state index in [-0.39, 0.29) is 11.4 Å². The molecule has 2 aromatic heterocycles. The first-order chi connectivity index (χ1) is 9.08. The molecule has 0 atom stereocenters. The normalized spacial score (nSPS) is 11.1. The van der Waals surface area contributed by atoms with Gasteiger partial charge in [0.25, 0.3) is 5.56 Å². The molecule has 0 aliphatic rings. The first-order valence-corrected chi connectivity index (χ1v) is 6.63. The van der Waals surface area contributed by atoms with Crippen molar-refractivity contribution in [2.24, 2.45) is 0 Å². The minimum Gasteiger partial charge on any atom is -0.268 e. The fourth-order valence-electron chi connectivity index (χ4n) is 2.02. The van der Waals surface area contributed by atoms with Gasteiger partial charge in [-0.1, -0.05) is 0 Å². The van der Waals surface area contributed by atoms with E-state index in [0.717, 1.165) is 15.3 Å². The van der Waals surface area contributed by atoms with Gasteiger partial charge in [-0.3, -0.25) is 9.36 Å². The molecule has 96 valence electrons. The van der Waals surface area contributed by atoms with Gasteiger partial charge in [-0.25, -0.2) is 9.37 Å². The van der Waals surface area contributed by atoms with Crippen LogP contribution in [0.25, 0.3) is 15.9 Å². The summed E-state index contributed by atoms with van der Waals surface area (Å²) in [5.41, 5.74) is 1.47. The Bertz CT molecular complexity index is 818. The SMILES string of the molecule is Cc1sc2ncn(-c3ccc(F)cc3)c(=O)c2c1C. The molecule has 0 saturated heterocycles. The van der Waals surface area contributed by atoms with Gasteiger partial charge in [0, 0.05) is 4.88 Å². The topological polar surface area (TPSA) is 34.9 Å². The van der Waals surface area contributed by atoms with Crippen LogP contribution >= 0.6 is 11.3 Å². The van der Waals surface area contributed by atoms with E-state index in [2.05, 4.69) is 4.98 Å². The molecule has 0 aliphatic carbocycles. The molecule has 0 aliphatic heterocycles. The molecule has 0 N–H and O–H groups in total. The Morgan fingerprint density at radius 1 is 1.21 bits per heavy atom. The quantitative estimate of drug-likeness (QED) is 0.683. The van der Waals surface area contributed by atoms with E-state index in [1.807, 2.05) is 13.8 Å². The summed E-state index contributed by atoms with van der Waals surface area (Å²) >= 11 is 1.51. The van der Waals surface area contributed by atoms with E-state index in [9.17, 15) is 9.18 Å². The van der Waals surface area contributed by atoms with E-state index in [1.165, 1.54) is 34.4 Å². The third-order valence-corrected chi connectivity index (χ3v) is 4.31. The summed E-state index contributed by atoms with van der Waals surface area (Å²) in [7, 11) is 0. The van der Waals surface area contributed by atoms with E-state index >= 15 is 0 Å². The van der Waals surface area contributed by atoms with E-state index in [0.29, 0.717) is 11.1 Å². The van der Waals surface area contributed by atoms with E-state index in [4.69, 9.17) is 0 Å². The molecule has 0 radical (unpaired) electrons. The highest BCUT2D eigenvalue weighted by Gasteiger charge is 2.12. The van der Waals surface area contributed by atoms with Gasteiger partial charge in [-0.2, -0.15) is 0 Å². The average molecular weight is 274 g/mol. The van der Waals surface area contributed by atoms with Crippen LogP contribution in [0.3, 0.4) is 0 Å². The van der Waals surface area contributed by atoms with Crippen LogP contribution in [0.15, 0.2) is 35.4 Å². The maximum absolute atomic E-state index is 12.9. The number of aryl methyl sites for hydroxylation is 2. The Labute approximate surface area is 113 Å². The Morgan fingerprint density at radius 3 is 2.58 bits per heavy atom. The van der Waals surface area contributed by atoms with Crippen LogP contribution in [-0.2, 0) is 0 Å². The molecule has 0 spiro atoms. The zero-order valence-corrected chi connectivity index (χ0v) is 11.3. The second-order valence-electron chi connectivity index (χ2n) is 4.36. The first kappa shape index (κ1) is 12.0. The van der Waals surface area contributed by atoms with Gasteiger partial charge in [-0.15, -0.1) is 11.3 Å². The summed E-state index contributed by atoms with van der Waals surface area (Å²) < 4.78 is 14.4. The van der Waals surface area contributed by atoms with Crippen molar-refractivity contribution in [2.45, 2.75) is 13.8 Å². The van der Waals surface area contributed by atoms with Gasteiger partial charge in [0.1, 0.15) is 17.0 Å². The number of fused-ring (bicyclic) bond motifs is 1. The van der Waals surface area contributed by atoms with Crippen LogP contribution in [0.2, 0.25) is 0 Å². The van der Waals surface area contributed by atoms with Gasteiger partial charge in [-0.05, 0) is 43.7 Å². The van der Waals surface area contributed by atoms with Crippen molar-refractivity contribution in [1.29, 1.82) is 0 Å². The molecule has 5 heteroatoms. The maximum Gasteiger partial charge on any atom is 0.266 e. The minimum atomic E-state index is -0.326. The molecule has 0 bridgehead atoms. The predicted molar refractivity (Wildman–Crippen MR) is 74.6 cm³/mol. The van der Waals surface area contributed by atoms with Crippen LogP contribution in [-0.4, -0.2) is 9.55 Å². The van der Waals surface area contributed by atoms with Crippen molar-refractivity contribution in [2.75, 3.05) is 0 Å². The van der Waals surface area contributed by atoms with Gasteiger partial charge in [0.2, 0.25) is 0 Å². The second-order valence-corrected chi connectivity index (χ2v) is 5.56. The summed E-state index contributed by atoms with van der Waals surface area (Å²) in [6.07, 6.45) is 1.49. The summed E-state index contributed by atoms with van der Waals surface area (Å²) in [6, 6.07) is 5.80. The van der Waals surface area contributed by atoms with Crippen molar-refractivity contribution < 1.29 is 4.39 Å². The summed E-state index contributed by atoms with van der Waals surface area (Å²) in [4.78, 5) is 18.6. The number of benzene rings is 1. The standard InChI is InChI=1S/C14H11FN2OS/c1-8-9(2)19-13-12(8)14(18)17(7-16-13)11-5-3-10(15)4-6-11/h3-7H,1-2H3. The smallest absolute Gasteiger partial charge is 0.266 e. The van der Waals surface area contributed by atoms with Crippen LogP contribution in [0.5, 0.6) is 0 Å². The maximum atomic E-state index is 12.9. The molecule has 0 amide bonds. The number of thiophene rings is 1. The van der Waals surface area contributed by atoms with Gasteiger partial charge < -0.3 is 0 Å². The Kier molecular flexibility index (Phi) is 2.71. The monoisotopic (exact) mass is 274 g/mol. The molecular formula is C14H11FN2OS. The minimum absolute atomic E-state index is 0.113. The molecule has 3 rings (SSSR count). The van der Waals surface area contributed by atoms with Crippen molar-refractivity contribution in [1.82, 2.24) is 9.55 Å². The van der Waals surface area contributed by atoms with E-state index in [1.54, 1.807) is 12.1 Å². The third-order valence-electron chi connectivity index (χ3n) is 3.19. The molecule has 3 aromatic rings. The predicted octanol–water partition coefficient (Wildman–Crippen LogP) is 3.20. The second kappa shape index (κ2) is 4.28. The average Bonchev–Trinajstić information content (AvgIpc) is 2.68. The van der Waals surface area contributed by atoms with Crippen molar-refractivity contribution >= 4 is 21.6 Å². The van der Waals surface area contributed by atoms with Crippen LogP contribution in [0.4, 0.5) is 4.39 Å². The lowest BCUT2D eigenvalue weighted by Crippen LogP contribution is -2.18. The number of halogens is 1. The highest BCUT2D eigenvalue weighted by atomic mass is 32.1. The molecule has 0 unspecified atom stereocenters. The van der Waals surface area contributed by atoms with E-state index < -0.39 is 0 Å². The highest BCUT2D eigenvalue weighted by Crippen LogP contribution is 2.25. The Morgan fingerprint density at radius 2 is 1.89 bits per heavy atom. The zero-order valence-electron chi connectivity index (χ0n) is 10.5. The Hall–Kier alpha value is -2.01. The van der Waals surface area contributed by atoms with Crippen molar-refractivity contribution in [3.63, 3.8) is 0 Å². The van der Waals surface area contributed by atoms with Gasteiger partial charge >= 0.3 is 0 Å². The summed E-state index contributed by atoms with van der Waals surface area (Å²) in [6.45, 7) is 3.90. The summed E-state index contributed by atoms with van der Waals surface area (Å²) in [5, 5.41) is 0.648. The lowest BCUT2D eigenvalue weighted by atomic mass is 10.2. The molecule has 2 heterocycles. The number of nitrogens with zero attached hydrogens (tertiary/aromatic N) is 2. The molecule has 0 fully saturated rings. The summed E-state index contributed by atoms with van der Waals surface area (Å²) in [5.74, 6) is -0.326. The molecule has 0 saturated carbocycles. The van der Waals surface area contributed by atoms with Gasteiger partial charge in [0.05, 0.1) is 11.1 Å². The number of hydrogen-bond acceptors (Lipinski definition) is 3. The lowest BCUT2D eigenvalue weighted by molar-refractivity contribution is 0.627. The highest BCUT2D eigenvalue weighted by molar-refractivity contribution is 7.18. The number of rotatable bonds is 1. The van der Waals surface area contributed by atoms with Crippen molar-refractivity contribution in [3.8, 4) is 5.69 Å². The number of aromatic nitrogens is 2. The molecule has 3 nitrogen and oxygen atoms in total. The Balaban J connectivity index is 2.31. The van der Waals surface area contributed by atoms with Crippen LogP contribution in [0, 0.1) is 19.7 Å². The largest absolute Gasteiger partial charge is 0.268 e. The van der Waals surface area contributed by atoms with Crippen LogP contribution < -0.4 is 5.56 Å². The van der Waals surface area contributed by atoms with Crippen LogP contribution in [0.1, 0.15) is 10.4 Å². The van der Waals surface area contributed by atoms with Gasteiger partial charge in [0.15, 0.2) is 0 Å². The molecular weight excluding hydrogens is 263 g/mol. The van der Waals surface area contributed by atoms with Crippen molar-refractivity contribution in [3.05, 3.63) is 57.2 Å². The lowest BCUT2D eigenvalue weighted by Gasteiger charge is -2.05. The fourth-order valence-corrected chi connectivity index (χ4v) is 3.01. The first-order valence-electron chi connectivity index (χ1n) is 5.81. The molecule has 19 heavy (non-hydrogen) atoms. The third kappa shape index (κ3) is 1.86. The number of hydrogen-bond donors (Lipinski definition) is 0.